The quantitative estimate of drug-likeness (QED) is 0.515. The molecule has 3 aromatic rings. The van der Waals surface area contributed by atoms with Crippen LogP contribution < -0.4 is 10.1 Å². The van der Waals surface area contributed by atoms with E-state index >= 15 is 0 Å². The Balaban J connectivity index is 1.44. The third kappa shape index (κ3) is 5.90. The maximum atomic E-state index is 12.7. The van der Waals surface area contributed by atoms with Gasteiger partial charge in [-0.05, 0) is 68.7 Å². The number of carbonyl (C=O) groups excluding carboxylic acids is 1. The van der Waals surface area contributed by atoms with Gasteiger partial charge in [0.1, 0.15) is 18.1 Å². The van der Waals surface area contributed by atoms with Crippen LogP contribution in [0.4, 0.5) is 13.2 Å². The van der Waals surface area contributed by atoms with Gasteiger partial charge in [-0.25, -0.2) is 0 Å². The van der Waals surface area contributed by atoms with Gasteiger partial charge in [-0.1, -0.05) is 6.07 Å². The van der Waals surface area contributed by atoms with E-state index in [1.165, 1.54) is 10.2 Å². The molecule has 2 aromatic heterocycles. The molecule has 6 nitrogen and oxygen atoms in total. The Bertz CT molecular complexity index is 1050. The van der Waals surface area contributed by atoms with E-state index < -0.39 is 17.8 Å². The lowest BCUT2D eigenvalue weighted by Crippen LogP contribution is -2.25. The predicted octanol–water partition coefficient (Wildman–Crippen LogP) is 4.82. The van der Waals surface area contributed by atoms with Gasteiger partial charge in [0.25, 0.3) is 5.91 Å². The van der Waals surface area contributed by atoms with Gasteiger partial charge in [0.15, 0.2) is 11.5 Å². The molecule has 1 N–H and O–H groups in total. The zero-order chi connectivity index (χ0) is 22.6. The van der Waals surface area contributed by atoms with E-state index in [4.69, 9.17) is 9.15 Å². The van der Waals surface area contributed by atoms with Crippen LogP contribution in [0.15, 0.2) is 40.8 Å². The van der Waals surface area contributed by atoms with Crippen molar-refractivity contribution in [3.05, 3.63) is 70.4 Å². The molecule has 0 unspecified atom stereocenters. The first-order valence-corrected chi connectivity index (χ1v) is 9.82. The second-order valence-electron chi connectivity index (χ2n) is 7.30. The standard InChI is InChI=1S/C22H24F3N3O3/c1-14-5-6-17(11-15(14)2)30-13-18-7-8-19(31-18)21(29)26-9-4-10-28-16(3)12-20(27-28)22(23,24)25/h5-8,11-12H,4,9-10,13H2,1-3H3,(H,26,29). The average molecular weight is 435 g/mol. The molecule has 2 heterocycles. The third-order valence-electron chi connectivity index (χ3n) is 4.85. The number of hydrogen-bond acceptors (Lipinski definition) is 4. The number of amides is 1. The second-order valence-corrected chi connectivity index (χ2v) is 7.30. The van der Waals surface area contributed by atoms with E-state index in [0.29, 0.717) is 23.6 Å². The number of furan rings is 1. The fourth-order valence-corrected chi connectivity index (χ4v) is 2.93. The van der Waals surface area contributed by atoms with Gasteiger partial charge in [-0.15, -0.1) is 0 Å². The van der Waals surface area contributed by atoms with Crippen molar-refractivity contribution in [1.29, 1.82) is 0 Å². The summed E-state index contributed by atoms with van der Waals surface area (Å²) in [5.41, 5.74) is 1.79. The second kappa shape index (κ2) is 9.28. The molecule has 0 atom stereocenters. The number of alkyl halides is 3. The molecule has 0 bridgehead atoms. The van der Waals surface area contributed by atoms with Gasteiger partial charge in [0, 0.05) is 18.8 Å². The lowest BCUT2D eigenvalue weighted by Gasteiger charge is -2.07. The summed E-state index contributed by atoms with van der Waals surface area (Å²) in [4.78, 5) is 12.2. The fourth-order valence-electron chi connectivity index (χ4n) is 2.93. The summed E-state index contributed by atoms with van der Waals surface area (Å²) in [5, 5.41) is 6.25. The summed E-state index contributed by atoms with van der Waals surface area (Å²) in [6, 6.07) is 10.0. The Hall–Kier alpha value is -3.23. The number of aromatic nitrogens is 2. The van der Waals surface area contributed by atoms with E-state index in [-0.39, 0.29) is 25.5 Å². The molecular formula is C22H24F3N3O3. The highest BCUT2D eigenvalue weighted by Crippen LogP contribution is 2.28. The van der Waals surface area contributed by atoms with Crippen molar-refractivity contribution < 1.29 is 27.1 Å². The summed E-state index contributed by atoms with van der Waals surface area (Å²) in [6.07, 6.45) is -4.04. The maximum absolute atomic E-state index is 12.7. The van der Waals surface area contributed by atoms with Crippen molar-refractivity contribution in [2.45, 2.75) is 46.5 Å². The number of halogens is 3. The van der Waals surface area contributed by atoms with Crippen molar-refractivity contribution in [2.75, 3.05) is 6.54 Å². The van der Waals surface area contributed by atoms with Gasteiger partial charge in [-0.2, -0.15) is 18.3 Å². The van der Waals surface area contributed by atoms with E-state index in [1.807, 2.05) is 32.0 Å². The van der Waals surface area contributed by atoms with Crippen LogP contribution in [0.25, 0.3) is 0 Å². The van der Waals surface area contributed by atoms with Crippen LogP contribution in [0.1, 0.15) is 45.3 Å². The molecule has 1 amide bonds. The molecule has 0 aliphatic heterocycles. The average Bonchev–Trinajstić information content (AvgIpc) is 3.33. The molecule has 31 heavy (non-hydrogen) atoms. The van der Waals surface area contributed by atoms with Gasteiger partial charge < -0.3 is 14.5 Å². The number of nitrogens with one attached hydrogen (secondary N) is 1. The highest BCUT2D eigenvalue weighted by molar-refractivity contribution is 5.91. The topological polar surface area (TPSA) is 69.3 Å². The van der Waals surface area contributed by atoms with Crippen LogP contribution in [0.5, 0.6) is 5.75 Å². The van der Waals surface area contributed by atoms with E-state index in [0.717, 1.165) is 11.6 Å². The number of aryl methyl sites for hydroxylation is 4. The minimum Gasteiger partial charge on any atom is -0.486 e. The van der Waals surface area contributed by atoms with Crippen molar-refractivity contribution in [2.24, 2.45) is 0 Å². The van der Waals surface area contributed by atoms with E-state index in [1.54, 1.807) is 19.1 Å². The van der Waals surface area contributed by atoms with Crippen molar-refractivity contribution in [1.82, 2.24) is 15.1 Å². The first-order valence-electron chi connectivity index (χ1n) is 9.82. The Kier molecular flexibility index (Phi) is 6.72. The minimum atomic E-state index is -4.47. The maximum Gasteiger partial charge on any atom is 0.435 e. The molecule has 0 spiro atoms. The van der Waals surface area contributed by atoms with Crippen molar-refractivity contribution >= 4 is 5.91 Å². The Morgan fingerprint density at radius 2 is 1.90 bits per heavy atom. The van der Waals surface area contributed by atoms with Crippen molar-refractivity contribution in [3.63, 3.8) is 0 Å². The Morgan fingerprint density at radius 1 is 1.13 bits per heavy atom. The summed E-state index contributed by atoms with van der Waals surface area (Å²) in [5.74, 6) is 0.974. The number of nitrogens with zero attached hydrogens (tertiary/aromatic N) is 2. The number of rotatable bonds is 8. The fraction of sp³-hybridized carbons (Fsp3) is 0.364. The number of hydrogen-bond donors (Lipinski definition) is 1. The molecule has 0 saturated carbocycles. The molecule has 0 radical (unpaired) electrons. The van der Waals surface area contributed by atoms with Crippen molar-refractivity contribution in [3.8, 4) is 5.75 Å². The summed E-state index contributed by atoms with van der Waals surface area (Å²) >= 11 is 0. The van der Waals surface area contributed by atoms with Crippen LogP contribution in [0.2, 0.25) is 0 Å². The first-order chi connectivity index (χ1) is 14.6. The van der Waals surface area contributed by atoms with Gasteiger partial charge in [0.05, 0.1) is 0 Å². The smallest absolute Gasteiger partial charge is 0.435 e. The SMILES string of the molecule is Cc1ccc(OCc2ccc(C(=O)NCCCn3nc(C(F)(F)F)cc3C)o2)cc1C. The molecule has 0 aliphatic carbocycles. The molecule has 0 aliphatic rings. The van der Waals surface area contributed by atoms with Gasteiger partial charge in [0.2, 0.25) is 0 Å². The predicted molar refractivity (Wildman–Crippen MR) is 108 cm³/mol. The highest BCUT2D eigenvalue weighted by Gasteiger charge is 2.34. The van der Waals surface area contributed by atoms with Gasteiger partial charge in [-0.3, -0.25) is 9.48 Å². The van der Waals surface area contributed by atoms with E-state index in [9.17, 15) is 18.0 Å². The Morgan fingerprint density at radius 3 is 2.58 bits per heavy atom. The van der Waals surface area contributed by atoms with Gasteiger partial charge >= 0.3 is 6.18 Å². The minimum absolute atomic E-state index is 0.147. The summed E-state index contributed by atoms with van der Waals surface area (Å²) < 4.78 is 50.6. The molecule has 1 aromatic carbocycles. The first kappa shape index (κ1) is 22.5. The highest BCUT2D eigenvalue weighted by atomic mass is 19.4. The lowest BCUT2D eigenvalue weighted by molar-refractivity contribution is -0.141. The summed E-state index contributed by atoms with van der Waals surface area (Å²) in [6.45, 7) is 6.30. The molecule has 0 fully saturated rings. The molecular weight excluding hydrogens is 411 g/mol. The molecule has 0 saturated heterocycles. The number of carbonyl (C=O) groups is 1. The summed E-state index contributed by atoms with van der Waals surface area (Å²) in [7, 11) is 0. The normalized spacial score (nSPS) is 11.5. The number of ether oxygens (including phenoxy) is 1. The van der Waals surface area contributed by atoms with Crippen LogP contribution in [-0.2, 0) is 19.3 Å². The molecule has 9 heteroatoms. The largest absolute Gasteiger partial charge is 0.486 e. The lowest BCUT2D eigenvalue weighted by atomic mass is 10.1. The zero-order valence-corrected chi connectivity index (χ0v) is 17.5. The van der Waals surface area contributed by atoms with Crippen LogP contribution in [0, 0.1) is 20.8 Å². The Labute approximate surface area is 178 Å². The monoisotopic (exact) mass is 435 g/mol. The third-order valence-corrected chi connectivity index (χ3v) is 4.85. The zero-order valence-electron chi connectivity index (χ0n) is 17.5. The molecule has 3 rings (SSSR count). The van der Waals surface area contributed by atoms with Crippen LogP contribution >= 0.6 is 0 Å². The van der Waals surface area contributed by atoms with Crippen LogP contribution in [-0.4, -0.2) is 22.2 Å². The molecule has 166 valence electrons. The van der Waals surface area contributed by atoms with E-state index in [2.05, 4.69) is 10.4 Å². The number of benzene rings is 1. The van der Waals surface area contributed by atoms with Crippen LogP contribution in [0.3, 0.4) is 0 Å².